The lowest BCUT2D eigenvalue weighted by Gasteiger charge is -2.05. The molecule has 0 aliphatic carbocycles. The quantitative estimate of drug-likeness (QED) is 0.767. The molecule has 2 aromatic rings. The summed E-state index contributed by atoms with van der Waals surface area (Å²) in [5.74, 6) is 0.821. The number of furan rings is 1. The second-order valence-electron chi connectivity index (χ2n) is 3.22. The molecule has 82 valence electrons. The Morgan fingerprint density at radius 1 is 1.38 bits per heavy atom. The topological polar surface area (TPSA) is 30.2 Å². The molecule has 2 nitrogen and oxygen atoms in total. The first-order valence-electron chi connectivity index (χ1n) is 4.68. The van der Waals surface area contributed by atoms with Gasteiger partial charge in [-0.05, 0) is 19.1 Å². The molecule has 16 heavy (non-hydrogen) atoms. The zero-order valence-electron chi connectivity index (χ0n) is 8.57. The van der Waals surface area contributed by atoms with Crippen LogP contribution in [0.25, 0.3) is 0 Å². The smallest absolute Gasteiger partial charge is 0.151 e. The fraction of sp³-hybridized carbons (Fsp3) is 0.0833. The van der Waals surface area contributed by atoms with Crippen LogP contribution in [0.5, 0.6) is 0 Å². The second-order valence-corrected chi connectivity index (χ2v) is 4.68. The molecule has 1 aromatic heterocycles. The first kappa shape index (κ1) is 11.3. The van der Waals surface area contributed by atoms with E-state index in [-0.39, 0.29) is 0 Å². The maximum absolute atomic E-state index is 10.9. The van der Waals surface area contributed by atoms with Crippen LogP contribution in [0.4, 0.5) is 0 Å². The molecule has 0 radical (unpaired) electrons. The minimum absolute atomic E-state index is 0.579. The van der Waals surface area contributed by atoms with Gasteiger partial charge in [-0.1, -0.05) is 35.5 Å². The molecule has 0 bridgehead atoms. The average Bonchev–Trinajstić information content (AvgIpc) is 2.67. The second kappa shape index (κ2) is 4.76. The van der Waals surface area contributed by atoms with E-state index in [4.69, 9.17) is 16.0 Å². The summed E-state index contributed by atoms with van der Waals surface area (Å²) in [4.78, 5) is 12.6. The molecule has 0 N–H and O–H groups in total. The van der Waals surface area contributed by atoms with E-state index in [9.17, 15) is 4.79 Å². The first-order valence-corrected chi connectivity index (χ1v) is 5.87. The molecule has 0 spiro atoms. The first-order chi connectivity index (χ1) is 7.72. The Labute approximate surface area is 103 Å². The van der Waals surface area contributed by atoms with Crippen LogP contribution in [0.2, 0.25) is 5.02 Å². The molecule has 1 aromatic carbocycles. The molecule has 0 saturated heterocycles. The summed E-state index contributed by atoms with van der Waals surface area (Å²) in [6.45, 7) is 1.87. The van der Waals surface area contributed by atoms with E-state index in [0.29, 0.717) is 10.6 Å². The summed E-state index contributed by atoms with van der Waals surface area (Å²) in [6.07, 6.45) is 2.43. The maximum atomic E-state index is 10.9. The van der Waals surface area contributed by atoms with E-state index in [0.717, 1.165) is 21.8 Å². The fourth-order valence-electron chi connectivity index (χ4n) is 1.32. The van der Waals surface area contributed by atoms with Crippen LogP contribution in [0.3, 0.4) is 0 Å². The van der Waals surface area contributed by atoms with Gasteiger partial charge in [0, 0.05) is 10.5 Å². The van der Waals surface area contributed by atoms with Gasteiger partial charge in [0.05, 0.1) is 16.2 Å². The third kappa shape index (κ3) is 2.15. The lowest BCUT2D eigenvalue weighted by atomic mass is 10.2. The fourth-order valence-corrected chi connectivity index (χ4v) is 2.55. The van der Waals surface area contributed by atoms with Crippen LogP contribution >= 0.6 is 23.4 Å². The SMILES string of the molecule is Cc1occc1Sc1c(Cl)cccc1C=O. The van der Waals surface area contributed by atoms with E-state index in [1.807, 2.05) is 13.0 Å². The third-order valence-electron chi connectivity index (χ3n) is 2.15. The van der Waals surface area contributed by atoms with Crippen LogP contribution < -0.4 is 0 Å². The van der Waals surface area contributed by atoms with Gasteiger partial charge in [-0.3, -0.25) is 4.79 Å². The highest BCUT2D eigenvalue weighted by atomic mass is 35.5. The van der Waals surface area contributed by atoms with Crippen molar-refractivity contribution in [3.05, 3.63) is 46.9 Å². The predicted molar refractivity (Wildman–Crippen MR) is 64.4 cm³/mol. The van der Waals surface area contributed by atoms with Gasteiger partial charge in [-0.15, -0.1) is 0 Å². The Balaban J connectivity index is 2.41. The molecule has 0 aliphatic rings. The standard InChI is InChI=1S/C12H9ClO2S/c1-8-11(5-6-15-8)16-12-9(7-14)3-2-4-10(12)13/h2-7H,1H3. The van der Waals surface area contributed by atoms with Gasteiger partial charge in [0.1, 0.15) is 5.76 Å². The Morgan fingerprint density at radius 2 is 2.19 bits per heavy atom. The number of hydrogen-bond acceptors (Lipinski definition) is 3. The number of aldehydes is 1. The Hall–Kier alpha value is -1.19. The number of hydrogen-bond donors (Lipinski definition) is 0. The van der Waals surface area contributed by atoms with Crippen molar-refractivity contribution in [1.29, 1.82) is 0 Å². The molecule has 0 fully saturated rings. The summed E-state index contributed by atoms with van der Waals surface area (Å²) in [5, 5.41) is 0.579. The van der Waals surface area contributed by atoms with E-state index in [2.05, 4.69) is 0 Å². The summed E-state index contributed by atoms with van der Waals surface area (Å²) in [5.41, 5.74) is 0.595. The van der Waals surface area contributed by atoms with Gasteiger partial charge in [-0.2, -0.15) is 0 Å². The Kier molecular flexibility index (Phi) is 3.36. The van der Waals surface area contributed by atoms with Crippen molar-refractivity contribution < 1.29 is 9.21 Å². The number of rotatable bonds is 3. The molecule has 0 unspecified atom stereocenters. The van der Waals surface area contributed by atoms with Gasteiger partial charge in [0.25, 0.3) is 0 Å². The van der Waals surface area contributed by atoms with Crippen molar-refractivity contribution in [2.75, 3.05) is 0 Å². The van der Waals surface area contributed by atoms with E-state index < -0.39 is 0 Å². The van der Waals surface area contributed by atoms with Gasteiger partial charge in [-0.25, -0.2) is 0 Å². The van der Waals surface area contributed by atoms with E-state index in [1.54, 1.807) is 24.5 Å². The lowest BCUT2D eigenvalue weighted by molar-refractivity contribution is 0.112. The number of carbonyl (C=O) groups excluding carboxylic acids is 1. The summed E-state index contributed by atoms with van der Waals surface area (Å²) < 4.78 is 5.20. The molecule has 0 atom stereocenters. The van der Waals surface area contributed by atoms with Gasteiger partial charge in [0.15, 0.2) is 6.29 Å². The maximum Gasteiger partial charge on any atom is 0.151 e. The van der Waals surface area contributed by atoms with Crippen molar-refractivity contribution in [3.63, 3.8) is 0 Å². The third-order valence-corrected chi connectivity index (χ3v) is 3.88. The zero-order chi connectivity index (χ0) is 11.5. The van der Waals surface area contributed by atoms with Crippen LogP contribution in [0.1, 0.15) is 16.1 Å². The number of aryl methyl sites for hydroxylation is 1. The number of benzene rings is 1. The predicted octanol–water partition coefficient (Wildman–Crippen LogP) is 4.21. The molecule has 0 saturated carbocycles. The van der Waals surface area contributed by atoms with Crippen LogP contribution in [-0.4, -0.2) is 6.29 Å². The molecule has 0 aliphatic heterocycles. The van der Waals surface area contributed by atoms with Gasteiger partial charge < -0.3 is 4.42 Å². The van der Waals surface area contributed by atoms with Gasteiger partial charge >= 0.3 is 0 Å². The molecule has 1 heterocycles. The van der Waals surface area contributed by atoms with Crippen molar-refractivity contribution >= 4 is 29.6 Å². The Bertz CT molecular complexity index is 519. The molecule has 0 amide bonds. The molecule has 2 rings (SSSR count). The van der Waals surface area contributed by atoms with Crippen LogP contribution in [0.15, 0.2) is 44.7 Å². The van der Waals surface area contributed by atoms with E-state index >= 15 is 0 Å². The van der Waals surface area contributed by atoms with E-state index in [1.165, 1.54) is 11.8 Å². The summed E-state index contributed by atoms with van der Waals surface area (Å²) >= 11 is 7.51. The number of carbonyl (C=O) groups is 1. The van der Waals surface area contributed by atoms with Crippen molar-refractivity contribution in [1.82, 2.24) is 0 Å². The average molecular weight is 253 g/mol. The number of halogens is 1. The lowest BCUT2D eigenvalue weighted by Crippen LogP contribution is -1.86. The van der Waals surface area contributed by atoms with Crippen LogP contribution in [0, 0.1) is 6.92 Å². The summed E-state index contributed by atoms with van der Waals surface area (Å²) in [6, 6.07) is 7.14. The molecular weight excluding hydrogens is 244 g/mol. The Morgan fingerprint density at radius 3 is 2.81 bits per heavy atom. The molecule has 4 heteroatoms. The van der Waals surface area contributed by atoms with Crippen molar-refractivity contribution in [2.24, 2.45) is 0 Å². The zero-order valence-corrected chi connectivity index (χ0v) is 10.1. The monoisotopic (exact) mass is 252 g/mol. The van der Waals surface area contributed by atoms with Gasteiger partial charge in [0.2, 0.25) is 0 Å². The summed E-state index contributed by atoms with van der Waals surface area (Å²) in [7, 11) is 0. The highest BCUT2D eigenvalue weighted by Gasteiger charge is 2.10. The van der Waals surface area contributed by atoms with Crippen LogP contribution in [-0.2, 0) is 0 Å². The highest BCUT2D eigenvalue weighted by Crippen LogP contribution is 2.37. The minimum atomic E-state index is 0.579. The highest BCUT2D eigenvalue weighted by molar-refractivity contribution is 7.99. The molecular formula is C12H9ClO2S. The van der Waals surface area contributed by atoms with Crippen molar-refractivity contribution in [3.8, 4) is 0 Å². The normalized spacial score (nSPS) is 10.4. The van der Waals surface area contributed by atoms with Crippen molar-refractivity contribution in [2.45, 2.75) is 16.7 Å². The largest absolute Gasteiger partial charge is 0.468 e. The minimum Gasteiger partial charge on any atom is -0.468 e.